The highest BCUT2D eigenvalue weighted by Gasteiger charge is 2.07. The van der Waals surface area contributed by atoms with Crippen LogP contribution in [0.1, 0.15) is 15.9 Å². The summed E-state index contributed by atoms with van der Waals surface area (Å²) >= 11 is 0. The molecule has 6 nitrogen and oxygen atoms in total. The van der Waals surface area contributed by atoms with Crippen molar-refractivity contribution in [1.82, 2.24) is 10.7 Å². The molecule has 0 bridgehead atoms. The van der Waals surface area contributed by atoms with Crippen LogP contribution in [0.3, 0.4) is 0 Å². The van der Waals surface area contributed by atoms with Crippen LogP contribution >= 0.6 is 0 Å². The number of methoxy groups -OCH3 is 1. The average Bonchev–Trinajstić information content (AvgIpc) is 2.61. The Morgan fingerprint density at radius 2 is 1.79 bits per heavy atom. The smallest absolute Gasteiger partial charge is 0.259 e. The fraction of sp³-hybridized carbons (Fsp3) is 0.118. The van der Waals surface area contributed by atoms with Gasteiger partial charge in [0, 0.05) is 5.56 Å². The number of nitrogens with zero attached hydrogens (tertiary/aromatic N) is 1. The number of nitrogens with one attached hydrogen (secondary N) is 2. The molecule has 2 rings (SSSR count). The quantitative estimate of drug-likeness (QED) is 0.625. The molecule has 124 valence electrons. The SMILES string of the molecule is COc1ccc(C(=O)NCC(=O)N/N=C/c2ccc(F)cc2)cc1. The lowest BCUT2D eigenvalue weighted by Crippen LogP contribution is -2.34. The van der Waals surface area contributed by atoms with Crippen molar-refractivity contribution in [2.45, 2.75) is 0 Å². The van der Waals surface area contributed by atoms with Gasteiger partial charge in [0.2, 0.25) is 0 Å². The van der Waals surface area contributed by atoms with Crippen LogP contribution in [-0.2, 0) is 4.79 Å². The van der Waals surface area contributed by atoms with Gasteiger partial charge in [-0.3, -0.25) is 9.59 Å². The first-order valence-corrected chi connectivity index (χ1v) is 7.08. The summed E-state index contributed by atoms with van der Waals surface area (Å²) in [6, 6.07) is 12.1. The van der Waals surface area contributed by atoms with E-state index in [0.717, 1.165) is 0 Å². The molecule has 0 aliphatic rings. The van der Waals surface area contributed by atoms with Crippen molar-refractivity contribution in [3.63, 3.8) is 0 Å². The minimum absolute atomic E-state index is 0.217. The molecular formula is C17H16FN3O3. The molecule has 0 aliphatic carbocycles. The first-order valence-electron chi connectivity index (χ1n) is 7.08. The Morgan fingerprint density at radius 3 is 2.42 bits per heavy atom. The van der Waals surface area contributed by atoms with Gasteiger partial charge in [-0.15, -0.1) is 0 Å². The van der Waals surface area contributed by atoms with Gasteiger partial charge in [0.25, 0.3) is 11.8 Å². The van der Waals surface area contributed by atoms with Crippen molar-refractivity contribution in [1.29, 1.82) is 0 Å². The predicted molar refractivity (Wildman–Crippen MR) is 87.5 cm³/mol. The molecular weight excluding hydrogens is 313 g/mol. The summed E-state index contributed by atoms with van der Waals surface area (Å²) in [5.74, 6) is -0.567. The summed E-state index contributed by atoms with van der Waals surface area (Å²) in [5.41, 5.74) is 3.33. The van der Waals surface area contributed by atoms with Gasteiger partial charge in [-0.05, 0) is 42.0 Å². The Morgan fingerprint density at radius 1 is 1.12 bits per heavy atom. The predicted octanol–water partition coefficient (Wildman–Crippen LogP) is 1.71. The lowest BCUT2D eigenvalue weighted by molar-refractivity contribution is -0.120. The molecule has 24 heavy (non-hydrogen) atoms. The van der Waals surface area contributed by atoms with Crippen molar-refractivity contribution in [3.05, 3.63) is 65.5 Å². The van der Waals surface area contributed by atoms with E-state index in [9.17, 15) is 14.0 Å². The molecule has 0 fully saturated rings. The number of hydrogen-bond acceptors (Lipinski definition) is 4. The highest BCUT2D eigenvalue weighted by atomic mass is 19.1. The molecule has 2 aromatic carbocycles. The Kier molecular flexibility index (Phi) is 6.01. The Hall–Kier alpha value is -3.22. The first kappa shape index (κ1) is 17.1. The van der Waals surface area contributed by atoms with Crippen LogP contribution in [0, 0.1) is 5.82 Å². The number of hydrogen-bond donors (Lipinski definition) is 2. The molecule has 0 unspecified atom stereocenters. The number of hydrazone groups is 1. The molecule has 0 heterocycles. The van der Waals surface area contributed by atoms with E-state index in [1.165, 1.54) is 37.6 Å². The molecule has 7 heteroatoms. The van der Waals surface area contributed by atoms with Crippen molar-refractivity contribution < 1.29 is 18.7 Å². The molecule has 2 N–H and O–H groups in total. The molecule has 2 aromatic rings. The lowest BCUT2D eigenvalue weighted by atomic mass is 10.2. The Bertz CT molecular complexity index is 728. The maximum Gasteiger partial charge on any atom is 0.259 e. The van der Waals surface area contributed by atoms with E-state index in [0.29, 0.717) is 16.9 Å². The summed E-state index contributed by atoms with van der Waals surface area (Å²) in [4.78, 5) is 23.5. The number of halogens is 1. The molecule has 0 saturated heterocycles. The van der Waals surface area contributed by atoms with Crippen LogP contribution in [-0.4, -0.2) is 31.7 Å². The number of benzene rings is 2. The maximum atomic E-state index is 12.7. The van der Waals surface area contributed by atoms with Crippen LogP contribution < -0.4 is 15.5 Å². The largest absolute Gasteiger partial charge is 0.497 e. The van der Waals surface area contributed by atoms with Crippen LogP contribution in [0.5, 0.6) is 5.75 Å². The van der Waals surface area contributed by atoms with E-state index in [-0.39, 0.29) is 18.3 Å². The van der Waals surface area contributed by atoms with E-state index in [2.05, 4.69) is 15.8 Å². The zero-order chi connectivity index (χ0) is 17.4. The second-order valence-corrected chi connectivity index (χ2v) is 4.76. The van der Waals surface area contributed by atoms with Crippen molar-refractivity contribution in [2.75, 3.05) is 13.7 Å². The summed E-state index contributed by atoms with van der Waals surface area (Å²) in [7, 11) is 1.53. The second-order valence-electron chi connectivity index (χ2n) is 4.76. The lowest BCUT2D eigenvalue weighted by Gasteiger charge is -2.05. The standard InChI is InChI=1S/C17H16FN3O3/c1-24-15-8-4-13(5-9-15)17(23)19-11-16(22)21-20-10-12-2-6-14(18)7-3-12/h2-10H,11H2,1H3,(H,19,23)(H,21,22)/b20-10+. The number of carbonyl (C=O) groups excluding carboxylic acids is 2. The highest BCUT2D eigenvalue weighted by molar-refractivity contribution is 5.96. The van der Waals surface area contributed by atoms with Crippen molar-refractivity contribution in [3.8, 4) is 5.75 Å². The molecule has 0 spiro atoms. The minimum Gasteiger partial charge on any atom is -0.497 e. The monoisotopic (exact) mass is 329 g/mol. The maximum absolute atomic E-state index is 12.7. The van der Waals surface area contributed by atoms with Crippen LogP contribution in [0.2, 0.25) is 0 Å². The molecule has 0 radical (unpaired) electrons. The van der Waals surface area contributed by atoms with Gasteiger partial charge in [0.05, 0.1) is 19.9 Å². The fourth-order valence-corrected chi connectivity index (χ4v) is 1.77. The van der Waals surface area contributed by atoms with Crippen molar-refractivity contribution in [2.24, 2.45) is 5.10 Å². The van der Waals surface area contributed by atoms with Gasteiger partial charge in [-0.1, -0.05) is 12.1 Å². The van der Waals surface area contributed by atoms with Crippen molar-refractivity contribution >= 4 is 18.0 Å². The van der Waals surface area contributed by atoms with E-state index in [1.807, 2.05) is 0 Å². The van der Waals surface area contributed by atoms with E-state index in [4.69, 9.17) is 4.74 Å². The summed E-state index contributed by atoms with van der Waals surface area (Å²) in [5, 5.41) is 6.21. The highest BCUT2D eigenvalue weighted by Crippen LogP contribution is 2.10. The third kappa shape index (κ3) is 5.20. The van der Waals surface area contributed by atoms with Gasteiger partial charge < -0.3 is 10.1 Å². The normalized spacial score (nSPS) is 10.4. The van der Waals surface area contributed by atoms with Crippen LogP contribution in [0.15, 0.2) is 53.6 Å². The third-order valence-corrected chi connectivity index (χ3v) is 3.03. The van der Waals surface area contributed by atoms with Gasteiger partial charge in [-0.25, -0.2) is 9.82 Å². The molecule has 0 aliphatic heterocycles. The topological polar surface area (TPSA) is 79.8 Å². The van der Waals surface area contributed by atoms with Gasteiger partial charge in [-0.2, -0.15) is 5.10 Å². The van der Waals surface area contributed by atoms with Gasteiger partial charge in [0.1, 0.15) is 11.6 Å². The van der Waals surface area contributed by atoms with E-state index >= 15 is 0 Å². The minimum atomic E-state index is -0.477. The second kappa shape index (κ2) is 8.42. The third-order valence-electron chi connectivity index (χ3n) is 3.03. The first-order chi connectivity index (χ1) is 11.6. The van der Waals surface area contributed by atoms with Crippen LogP contribution in [0.25, 0.3) is 0 Å². The zero-order valence-corrected chi connectivity index (χ0v) is 13.0. The van der Waals surface area contributed by atoms with E-state index in [1.54, 1.807) is 24.3 Å². The molecule has 2 amide bonds. The Labute approximate surface area is 138 Å². The average molecular weight is 329 g/mol. The summed E-state index contributed by atoms with van der Waals surface area (Å²) in [6.45, 7) is -0.217. The number of ether oxygens (including phenoxy) is 1. The molecule has 0 saturated carbocycles. The van der Waals surface area contributed by atoms with E-state index < -0.39 is 5.91 Å². The molecule has 0 atom stereocenters. The van der Waals surface area contributed by atoms with Gasteiger partial charge >= 0.3 is 0 Å². The zero-order valence-electron chi connectivity index (χ0n) is 13.0. The van der Waals surface area contributed by atoms with Gasteiger partial charge in [0.15, 0.2) is 0 Å². The molecule has 0 aromatic heterocycles. The fourth-order valence-electron chi connectivity index (χ4n) is 1.77. The number of amides is 2. The number of rotatable bonds is 6. The summed E-state index contributed by atoms with van der Waals surface area (Å²) < 4.78 is 17.7. The summed E-state index contributed by atoms with van der Waals surface area (Å²) in [6.07, 6.45) is 1.38. The Balaban J connectivity index is 1.77. The number of carbonyl (C=O) groups is 2. The van der Waals surface area contributed by atoms with Crippen LogP contribution in [0.4, 0.5) is 4.39 Å².